The molecule has 3 aromatic rings. The smallest absolute Gasteiger partial charge is 0.416 e. The Bertz CT molecular complexity index is 1740. The molecule has 2 heterocycles. The first-order valence-corrected chi connectivity index (χ1v) is 17.3. The van der Waals surface area contributed by atoms with Crippen molar-refractivity contribution in [2.75, 3.05) is 19.6 Å². The lowest BCUT2D eigenvalue weighted by molar-refractivity contribution is -0.201. The van der Waals surface area contributed by atoms with Crippen molar-refractivity contribution >= 4 is 12.0 Å². The van der Waals surface area contributed by atoms with Crippen LogP contribution in [0.3, 0.4) is 0 Å². The molecule has 2 N–H and O–H groups in total. The number of amides is 1. The number of alkyl halides is 3. The summed E-state index contributed by atoms with van der Waals surface area (Å²) in [6, 6.07) is 18.2. The number of piperidine rings is 1. The maximum Gasteiger partial charge on any atom is 0.416 e. The summed E-state index contributed by atoms with van der Waals surface area (Å²) in [6.45, 7) is 2.19. The van der Waals surface area contributed by atoms with Crippen LogP contribution >= 0.6 is 0 Å². The average Bonchev–Trinajstić information content (AvgIpc) is 3.82. The van der Waals surface area contributed by atoms with Crippen LogP contribution in [0.5, 0.6) is 11.5 Å². The fourth-order valence-electron chi connectivity index (χ4n) is 9.39. The van der Waals surface area contributed by atoms with E-state index in [-0.39, 0.29) is 23.3 Å². The average molecular weight is 659 g/mol. The highest BCUT2D eigenvalue weighted by molar-refractivity contribution is 5.92. The van der Waals surface area contributed by atoms with Crippen molar-refractivity contribution in [2.24, 2.45) is 5.92 Å². The van der Waals surface area contributed by atoms with Gasteiger partial charge in [-0.15, -0.1) is 0 Å². The molecule has 252 valence electrons. The molecule has 1 spiro atoms. The number of hydrogen-bond acceptors (Lipinski definition) is 5. The number of phenols is 1. The molecule has 5 aliphatic rings. The van der Waals surface area contributed by atoms with E-state index in [1.807, 2.05) is 29.2 Å². The van der Waals surface area contributed by atoms with Crippen LogP contribution in [0.15, 0.2) is 72.8 Å². The number of phenolic OH excluding ortho intramolecular Hbond substituents is 1. The van der Waals surface area contributed by atoms with Gasteiger partial charge in [-0.1, -0.05) is 48.5 Å². The van der Waals surface area contributed by atoms with Gasteiger partial charge in [0, 0.05) is 30.8 Å². The maximum absolute atomic E-state index is 14.2. The predicted octanol–water partition coefficient (Wildman–Crippen LogP) is 6.52. The van der Waals surface area contributed by atoms with Gasteiger partial charge in [-0.25, -0.2) is 0 Å². The molecule has 2 saturated carbocycles. The number of carbonyl (C=O) groups is 1. The molecule has 3 unspecified atom stereocenters. The van der Waals surface area contributed by atoms with Crippen molar-refractivity contribution in [3.05, 3.63) is 101 Å². The van der Waals surface area contributed by atoms with Gasteiger partial charge in [-0.05, 0) is 105 Å². The lowest BCUT2D eigenvalue weighted by Crippen LogP contribution is -2.78. The lowest BCUT2D eigenvalue weighted by Gasteiger charge is -2.65. The van der Waals surface area contributed by atoms with Crippen LogP contribution < -0.4 is 4.74 Å². The number of halogens is 3. The summed E-state index contributed by atoms with van der Waals surface area (Å²) in [4.78, 5) is 18.5. The third-order valence-electron chi connectivity index (χ3n) is 11.8. The van der Waals surface area contributed by atoms with E-state index in [2.05, 4.69) is 17.0 Å². The number of aryl methyl sites for hydroxylation is 1. The Morgan fingerprint density at radius 2 is 1.85 bits per heavy atom. The second-order valence-electron chi connectivity index (χ2n) is 14.5. The van der Waals surface area contributed by atoms with E-state index in [0.29, 0.717) is 50.3 Å². The van der Waals surface area contributed by atoms with Crippen LogP contribution in [0, 0.1) is 5.92 Å². The SMILES string of the molecule is O=C(C=Cc1cccc(C(F)(F)F)c1)N(CCCc1ccccc1)C1CCC2(O)[C@H]3Cc4ccc(O)c5c4[C@@]2(CCN3CC2CC2)C1O5. The van der Waals surface area contributed by atoms with Crippen molar-refractivity contribution in [3.8, 4) is 11.5 Å². The summed E-state index contributed by atoms with van der Waals surface area (Å²) in [5, 5.41) is 24.0. The topological polar surface area (TPSA) is 73.2 Å². The van der Waals surface area contributed by atoms with Crippen LogP contribution in [0.4, 0.5) is 13.2 Å². The van der Waals surface area contributed by atoms with Gasteiger partial charge in [0.2, 0.25) is 5.91 Å². The molecule has 8 rings (SSSR count). The van der Waals surface area contributed by atoms with Crippen LogP contribution in [0.2, 0.25) is 0 Å². The Labute approximate surface area is 278 Å². The van der Waals surface area contributed by atoms with Crippen LogP contribution in [0.25, 0.3) is 6.08 Å². The number of aromatic hydroxyl groups is 1. The Kier molecular flexibility index (Phi) is 7.64. The minimum absolute atomic E-state index is 0.0453. The largest absolute Gasteiger partial charge is 0.504 e. The zero-order chi connectivity index (χ0) is 33.3. The monoisotopic (exact) mass is 658 g/mol. The van der Waals surface area contributed by atoms with Gasteiger partial charge >= 0.3 is 6.18 Å². The minimum Gasteiger partial charge on any atom is -0.504 e. The first-order chi connectivity index (χ1) is 23.1. The van der Waals surface area contributed by atoms with Gasteiger partial charge in [-0.3, -0.25) is 9.69 Å². The second kappa shape index (κ2) is 11.7. The van der Waals surface area contributed by atoms with Gasteiger partial charge in [0.1, 0.15) is 6.10 Å². The summed E-state index contributed by atoms with van der Waals surface area (Å²) >= 11 is 0. The van der Waals surface area contributed by atoms with Gasteiger partial charge in [0.15, 0.2) is 11.5 Å². The molecular weight excluding hydrogens is 617 g/mol. The molecule has 6 nitrogen and oxygen atoms in total. The number of nitrogens with zero attached hydrogens (tertiary/aromatic N) is 2. The molecule has 9 heteroatoms. The van der Waals surface area contributed by atoms with Gasteiger partial charge < -0.3 is 19.8 Å². The molecule has 2 bridgehead atoms. The summed E-state index contributed by atoms with van der Waals surface area (Å²) in [5.41, 5.74) is 0.792. The summed E-state index contributed by atoms with van der Waals surface area (Å²) < 4.78 is 47.0. The Balaban J connectivity index is 1.15. The standard InChI is InChI=1S/C39H41F3N2O4/c40-39(41,42)29-10-4-8-26(22-29)13-16-33(46)44(20-5-9-25-6-2-1-3-7-25)30-17-18-38(47)32-23-28-14-15-31(45)35-34(28)37(38,36(30)48-35)19-21-43(32)24-27-11-12-27/h1-4,6-8,10,13-16,22,27,30,32,36,45,47H,5,9,11-12,17-21,23-24H2/t30?,32-,36?,37+,38?/m1/s1. The van der Waals surface area contributed by atoms with Crippen LogP contribution in [0.1, 0.15) is 66.3 Å². The van der Waals surface area contributed by atoms with E-state index < -0.39 is 34.9 Å². The zero-order valence-electron chi connectivity index (χ0n) is 26.8. The molecule has 0 radical (unpaired) electrons. The van der Waals surface area contributed by atoms with E-state index in [1.54, 1.807) is 12.1 Å². The molecule has 3 aromatic carbocycles. The predicted molar refractivity (Wildman–Crippen MR) is 176 cm³/mol. The lowest BCUT2D eigenvalue weighted by atomic mass is 9.48. The van der Waals surface area contributed by atoms with E-state index in [0.717, 1.165) is 48.3 Å². The highest BCUT2D eigenvalue weighted by atomic mass is 19.4. The Morgan fingerprint density at radius 3 is 2.62 bits per heavy atom. The third kappa shape index (κ3) is 5.12. The quantitative estimate of drug-likeness (QED) is 0.256. The molecule has 0 aromatic heterocycles. The molecule has 2 aliphatic heterocycles. The van der Waals surface area contributed by atoms with E-state index >= 15 is 0 Å². The van der Waals surface area contributed by atoms with E-state index in [9.17, 15) is 28.2 Å². The Morgan fingerprint density at radius 1 is 1.04 bits per heavy atom. The fourth-order valence-corrected chi connectivity index (χ4v) is 9.39. The molecule has 5 atom stereocenters. The molecule has 1 amide bonds. The number of likely N-dealkylation sites (tertiary alicyclic amines) is 1. The number of benzene rings is 3. The summed E-state index contributed by atoms with van der Waals surface area (Å²) in [7, 11) is 0. The molecule has 48 heavy (non-hydrogen) atoms. The second-order valence-corrected chi connectivity index (χ2v) is 14.5. The van der Waals surface area contributed by atoms with Crippen molar-refractivity contribution in [3.63, 3.8) is 0 Å². The first-order valence-electron chi connectivity index (χ1n) is 17.3. The molecule has 3 fully saturated rings. The van der Waals surface area contributed by atoms with Gasteiger partial charge in [-0.2, -0.15) is 13.2 Å². The van der Waals surface area contributed by atoms with Crippen molar-refractivity contribution in [1.29, 1.82) is 0 Å². The fraction of sp³-hybridized carbons (Fsp3) is 0.462. The number of hydrogen-bond donors (Lipinski definition) is 2. The van der Waals surface area contributed by atoms with Crippen molar-refractivity contribution in [2.45, 2.75) is 86.7 Å². The highest BCUT2D eigenvalue weighted by Gasteiger charge is 2.73. The summed E-state index contributed by atoms with van der Waals surface area (Å²) in [6.07, 6.45) is 3.96. The van der Waals surface area contributed by atoms with E-state index in [4.69, 9.17) is 4.74 Å². The molecule has 3 aliphatic carbocycles. The summed E-state index contributed by atoms with van der Waals surface area (Å²) in [5.74, 6) is 0.833. The first kappa shape index (κ1) is 31.4. The molecule has 1 saturated heterocycles. The van der Waals surface area contributed by atoms with E-state index in [1.165, 1.54) is 31.1 Å². The van der Waals surface area contributed by atoms with Crippen LogP contribution in [-0.4, -0.2) is 69.3 Å². The third-order valence-corrected chi connectivity index (χ3v) is 11.8. The van der Waals surface area contributed by atoms with Crippen LogP contribution in [-0.2, 0) is 29.2 Å². The highest BCUT2D eigenvalue weighted by Crippen LogP contribution is 2.66. The minimum atomic E-state index is -4.49. The van der Waals surface area contributed by atoms with Crippen molar-refractivity contribution in [1.82, 2.24) is 9.80 Å². The normalized spacial score (nSPS) is 29.0. The van der Waals surface area contributed by atoms with Gasteiger partial charge in [0.25, 0.3) is 0 Å². The van der Waals surface area contributed by atoms with Gasteiger partial charge in [0.05, 0.1) is 22.6 Å². The number of rotatable bonds is 9. The number of aliphatic hydroxyl groups is 1. The zero-order valence-corrected chi connectivity index (χ0v) is 26.8. The number of carbonyl (C=O) groups excluding carboxylic acids is 1. The Hall–Kier alpha value is -3.82. The van der Waals surface area contributed by atoms with Crippen molar-refractivity contribution < 1.29 is 32.9 Å². The maximum atomic E-state index is 14.2. The molecular formula is C39H41F3N2O4. The number of ether oxygens (including phenoxy) is 1.